The fraction of sp³-hybridized carbons (Fsp3) is 0.389. The number of hydrogen-bond donors (Lipinski definition) is 1. The molecule has 1 aliphatic heterocycles. The number of halogens is 1. The predicted molar refractivity (Wildman–Crippen MR) is 90.0 cm³/mol. The van der Waals surface area contributed by atoms with Crippen LogP contribution < -0.4 is 10.2 Å². The summed E-state index contributed by atoms with van der Waals surface area (Å²) < 4.78 is 13.1. The molecule has 0 bridgehead atoms. The number of rotatable bonds is 4. The molecule has 0 spiro atoms. The Bertz CT molecular complexity index is 714. The lowest BCUT2D eigenvalue weighted by Gasteiger charge is -2.31. The van der Waals surface area contributed by atoms with Crippen molar-refractivity contribution >= 4 is 11.9 Å². The molecule has 5 nitrogen and oxygen atoms in total. The van der Waals surface area contributed by atoms with Crippen LogP contribution in [0.25, 0.3) is 0 Å². The quantitative estimate of drug-likeness (QED) is 0.937. The summed E-state index contributed by atoms with van der Waals surface area (Å²) in [4.78, 5) is 23.1. The van der Waals surface area contributed by atoms with E-state index < -0.39 is 0 Å². The Balaban J connectivity index is 1.50. The molecular weight excluding hydrogens is 307 g/mol. The number of nitrogens with zero attached hydrogens (tertiary/aromatic N) is 3. The van der Waals surface area contributed by atoms with E-state index >= 15 is 0 Å². The van der Waals surface area contributed by atoms with Gasteiger partial charge in [-0.1, -0.05) is 12.1 Å². The van der Waals surface area contributed by atoms with Crippen molar-refractivity contribution < 1.29 is 9.18 Å². The lowest BCUT2D eigenvalue weighted by atomic mass is 9.96. The van der Waals surface area contributed by atoms with E-state index in [1.54, 1.807) is 18.3 Å². The van der Waals surface area contributed by atoms with Gasteiger partial charge in [0.1, 0.15) is 5.82 Å². The Morgan fingerprint density at radius 2 is 2.12 bits per heavy atom. The van der Waals surface area contributed by atoms with E-state index in [1.807, 2.05) is 13.0 Å². The molecule has 0 atom stereocenters. The van der Waals surface area contributed by atoms with Gasteiger partial charge in [0.2, 0.25) is 11.9 Å². The molecule has 3 rings (SSSR count). The number of aromatic nitrogens is 2. The second kappa shape index (κ2) is 7.38. The number of amides is 1. The molecular formula is C18H21FN4O. The third kappa shape index (κ3) is 4.07. The Morgan fingerprint density at radius 3 is 2.83 bits per heavy atom. The van der Waals surface area contributed by atoms with Crippen molar-refractivity contribution in [2.45, 2.75) is 26.3 Å². The molecule has 0 unspecified atom stereocenters. The van der Waals surface area contributed by atoms with Crippen molar-refractivity contribution in [3.05, 3.63) is 53.6 Å². The van der Waals surface area contributed by atoms with E-state index in [2.05, 4.69) is 20.2 Å². The van der Waals surface area contributed by atoms with E-state index in [0.29, 0.717) is 6.54 Å². The van der Waals surface area contributed by atoms with Crippen LogP contribution in [0.2, 0.25) is 0 Å². The zero-order chi connectivity index (χ0) is 16.9. The summed E-state index contributed by atoms with van der Waals surface area (Å²) in [5, 5.41) is 2.90. The fourth-order valence-corrected chi connectivity index (χ4v) is 2.91. The molecule has 126 valence electrons. The minimum atomic E-state index is -0.284. The van der Waals surface area contributed by atoms with Gasteiger partial charge < -0.3 is 10.2 Å². The molecule has 2 heterocycles. The average molecular weight is 328 g/mol. The minimum Gasteiger partial charge on any atom is -0.352 e. The summed E-state index contributed by atoms with van der Waals surface area (Å²) in [5.74, 6) is 0.463. The number of piperidine rings is 1. The number of carbonyl (C=O) groups excluding carboxylic acids is 1. The monoisotopic (exact) mass is 328 g/mol. The Morgan fingerprint density at radius 1 is 1.33 bits per heavy atom. The maximum atomic E-state index is 13.1. The highest BCUT2D eigenvalue weighted by Gasteiger charge is 2.25. The minimum absolute atomic E-state index is 0.0142. The molecule has 1 N–H and O–H groups in total. The van der Waals surface area contributed by atoms with Crippen LogP contribution in [0.4, 0.5) is 10.3 Å². The molecule has 0 radical (unpaired) electrons. The Kier molecular flexibility index (Phi) is 5.03. The number of carbonyl (C=O) groups is 1. The van der Waals surface area contributed by atoms with Crippen molar-refractivity contribution in [3.63, 3.8) is 0 Å². The van der Waals surface area contributed by atoms with Crippen LogP contribution in [-0.2, 0) is 11.3 Å². The highest BCUT2D eigenvalue weighted by molar-refractivity contribution is 5.78. The zero-order valence-corrected chi connectivity index (χ0v) is 13.7. The maximum Gasteiger partial charge on any atom is 0.225 e. The molecule has 6 heteroatoms. The Hall–Kier alpha value is -2.50. The number of hydrogen-bond acceptors (Lipinski definition) is 4. The summed E-state index contributed by atoms with van der Waals surface area (Å²) in [6.07, 6.45) is 3.30. The zero-order valence-electron chi connectivity index (χ0n) is 13.7. The lowest BCUT2D eigenvalue weighted by Crippen LogP contribution is -2.41. The van der Waals surface area contributed by atoms with Gasteiger partial charge in [-0.2, -0.15) is 0 Å². The van der Waals surface area contributed by atoms with E-state index in [9.17, 15) is 9.18 Å². The first-order valence-electron chi connectivity index (χ1n) is 8.18. The van der Waals surface area contributed by atoms with Crippen LogP contribution in [-0.4, -0.2) is 29.0 Å². The molecule has 1 aliphatic rings. The SMILES string of the molecule is Cc1ccnc(N2CCC(C(=O)NCc3cccc(F)c3)CC2)n1. The second-order valence-corrected chi connectivity index (χ2v) is 6.11. The highest BCUT2D eigenvalue weighted by atomic mass is 19.1. The normalized spacial score (nSPS) is 15.3. The van der Waals surface area contributed by atoms with Crippen molar-refractivity contribution in [2.24, 2.45) is 5.92 Å². The molecule has 1 aromatic carbocycles. The van der Waals surface area contributed by atoms with E-state index in [0.717, 1.165) is 43.1 Å². The van der Waals surface area contributed by atoms with Gasteiger partial charge in [-0.25, -0.2) is 14.4 Å². The number of aryl methyl sites for hydroxylation is 1. The maximum absolute atomic E-state index is 13.1. The van der Waals surface area contributed by atoms with Gasteiger partial charge in [-0.3, -0.25) is 4.79 Å². The van der Waals surface area contributed by atoms with Crippen LogP contribution in [0.1, 0.15) is 24.1 Å². The van der Waals surface area contributed by atoms with Crippen molar-refractivity contribution in [1.29, 1.82) is 0 Å². The predicted octanol–water partition coefficient (Wildman–Crippen LogP) is 2.46. The van der Waals surface area contributed by atoms with Crippen molar-refractivity contribution in [1.82, 2.24) is 15.3 Å². The first kappa shape index (κ1) is 16.4. The van der Waals surface area contributed by atoms with Gasteiger partial charge in [0, 0.05) is 37.4 Å². The molecule has 0 saturated carbocycles. The molecule has 1 aromatic heterocycles. The van der Waals surface area contributed by atoms with Crippen LogP contribution in [0, 0.1) is 18.7 Å². The first-order valence-corrected chi connectivity index (χ1v) is 8.18. The van der Waals surface area contributed by atoms with Crippen molar-refractivity contribution in [3.8, 4) is 0 Å². The molecule has 0 aliphatic carbocycles. The summed E-state index contributed by atoms with van der Waals surface area (Å²) in [5.41, 5.74) is 1.71. The number of anilines is 1. The third-order valence-corrected chi connectivity index (χ3v) is 4.29. The smallest absolute Gasteiger partial charge is 0.225 e. The van der Waals surface area contributed by atoms with E-state index in [1.165, 1.54) is 12.1 Å². The largest absolute Gasteiger partial charge is 0.352 e. The fourth-order valence-electron chi connectivity index (χ4n) is 2.91. The van der Waals surface area contributed by atoms with Gasteiger partial charge >= 0.3 is 0 Å². The van der Waals surface area contributed by atoms with E-state index in [-0.39, 0.29) is 17.6 Å². The lowest BCUT2D eigenvalue weighted by molar-refractivity contribution is -0.125. The average Bonchev–Trinajstić information content (AvgIpc) is 2.60. The molecule has 1 saturated heterocycles. The summed E-state index contributed by atoms with van der Waals surface area (Å²) in [6, 6.07) is 8.17. The molecule has 1 amide bonds. The van der Waals surface area contributed by atoms with Gasteiger partial charge in [0.25, 0.3) is 0 Å². The van der Waals surface area contributed by atoms with Gasteiger partial charge in [0.15, 0.2) is 0 Å². The molecule has 1 fully saturated rings. The highest BCUT2D eigenvalue weighted by Crippen LogP contribution is 2.21. The third-order valence-electron chi connectivity index (χ3n) is 4.29. The first-order chi connectivity index (χ1) is 11.6. The second-order valence-electron chi connectivity index (χ2n) is 6.11. The number of nitrogens with one attached hydrogen (secondary N) is 1. The summed E-state index contributed by atoms with van der Waals surface area (Å²) >= 11 is 0. The molecule has 24 heavy (non-hydrogen) atoms. The van der Waals surface area contributed by atoms with Crippen LogP contribution in [0.5, 0.6) is 0 Å². The van der Waals surface area contributed by atoms with Gasteiger partial charge in [-0.15, -0.1) is 0 Å². The van der Waals surface area contributed by atoms with Crippen molar-refractivity contribution in [2.75, 3.05) is 18.0 Å². The summed E-state index contributed by atoms with van der Waals surface area (Å²) in [6.45, 7) is 3.83. The topological polar surface area (TPSA) is 58.1 Å². The van der Waals surface area contributed by atoms with Gasteiger partial charge in [0.05, 0.1) is 0 Å². The standard InChI is InChI=1S/C18H21FN4O/c1-13-5-8-20-18(22-13)23-9-6-15(7-10-23)17(24)21-12-14-3-2-4-16(19)11-14/h2-5,8,11,15H,6-7,9-10,12H2,1H3,(H,21,24). The van der Waals surface area contributed by atoms with Crippen LogP contribution in [0.15, 0.2) is 36.5 Å². The number of benzene rings is 1. The molecule has 2 aromatic rings. The summed E-state index contributed by atoms with van der Waals surface area (Å²) in [7, 11) is 0. The van der Waals surface area contributed by atoms with E-state index in [4.69, 9.17) is 0 Å². The van der Waals surface area contributed by atoms with Crippen LogP contribution >= 0.6 is 0 Å². The van der Waals surface area contributed by atoms with Gasteiger partial charge in [-0.05, 0) is 43.5 Å². The Labute approximate surface area is 140 Å². The van der Waals surface area contributed by atoms with Crippen LogP contribution in [0.3, 0.4) is 0 Å².